The lowest BCUT2D eigenvalue weighted by atomic mass is 9.83. The molecule has 1 aliphatic carbocycles. The Kier molecular flexibility index (Phi) is 4.35. The summed E-state index contributed by atoms with van der Waals surface area (Å²) in [4.78, 5) is 0. The Morgan fingerprint density at radius 1 is 1.53 bits per heavy atom. The van der Waals surface area contributed by atoms with Crippen LogP contribution in [0.25, 0.3) is 0 Å². The molecular weight excluding hydrogens is 188 g/mol. The number of rotatable bonds is 4. The normalized spacial score (nSPS) is 27.7. The summed E-state index contributed by atoms with van der Waals surface area (Å²) in [5, 5.41) is 9.63. The Labute approximate surface area is 93.3 Å². The minimum absolute atomic E-state index is 0.0278. The highest BCUT2D eigenvalue weighted by molar-refractivity contribution is 5.07. The van der Waals surface area contributed by atoms with Crippen molar-refractivity contribution in [1.82, 2.24) is 0 Å². The Hall–Kier alpha value is -0.340. The summed E-state index contributed by atoms with van der Waals surface area (Å²) in [6, 6.07) is 0. The lowest BCUT2D eigenvalue weighted by Gasteiger charge is -2.29. The summed E-state index contributed by atoms with van der Waals surface area (Å²) in [5.41, 5.74) is 1.30. The number of methoxy groups -OCH3 is 1. The molecule has 1 rings (SSSR count). The third kappa shape index (κ3) is 4.35. The first-order valence-corrected chi connectivity index (χ1v) is 5.83. The fourth-order valence-corrected chi connectivity index (χ4v) is 2.22. The van der Waals surface area contributed by atoms with Crippen LogP contribution in [-0.4, -0.2) is 23.9 Å². The Bertz CT molecular complexity index is 231. The van der Waals surface area contributed by atoms with Crippen molar-refractivity contribution in [2.24, 2.45) is 5.92 Å². The van der Waals surface area contributed by atoms with Crippen LogP contribution in [-0.2, 0) is 4.74 Å². The average molecular weight is 212 g/mol. The van der Waals surface area contributed by atoms with Gasteiger partial charge in [-0.2, -0.15) is 0 Å². The number of aliphatic hydroxyl groups is 1. The standard InChI is InChI=1S/C13H24O2/c1-10-7-11(9-12(14)8-10)5-6-13(2,3)15-4/h8,11-12,14H,5-7,9H2,1-4H3. The van der Waals surface area contributed by atoms with Gasteiger partial charge in [0.1, 0.15) is 0 Å². The summed E-state index contributed by atoms with van der Waals surface area (Å²) >= 11 is 0. The largest absolute Gasteiger partial charge is 0.389 e. The second-order valence-corrected chi connectivity index (χ2v) is 5.39. The van der Waals surface area contributed by atoms with Gasteiger partial charge in [-0.15, -0.1) is 0 Å². The van der Waals surface area contributed by atoms with Crippen LogP contribution in [0.3, 0.4) is 0 Å². The lowest BCUT2D eigenvalue weighted by molar-refractivity contribution is 0.00845. The number of aliphatic hydroxyl groups excluding tert-OH is 1. The topological polar surface area (TPSA) is 29.5 Å². The van der Waals surface area contributed by atoms with Crippen LogP contribution in [0.5, 0.6) is 0 Å². The van der Waals surface area contributed by atoms with Crippen molar-refractivity contribution in [3.63, 3.8) is 0 Å². The van der Waals surface area contributed by atoms with Gasteiger partial charge in [0.2, 0.25) is 0 Å². The fourth-order valence-electron chi connectivity index (χ4n) is 2.22. The average Bonchev–Trinajstić information content (AvgIpc) is 2.14. The van der Waals surface area contributed by atoms with Gasteiger partial charge in [0.15, 0.2) is 0 Å². The maximum Gasteiger partial charge on any atom is 0.0726 e. The number of hydrogen-bond acceptors (Lipinski definition) is 2. The molecule has 2 unspecified atom stereocenters. The van der Waals surface area contributed by atoms with E-state index in [1.807, 2.05) is 6.08 Å². The zero-order chi connectivity index (χ0) is 11.5. The van der Waals surface area contributed by atoms with Crippen molar-refractivity contribution < 1.29 is 9.84 Å². The maximum atomic E-state index is 9.63. The molecule has 0 saturated heterocycles. The van der Waals surface area contributed by atoms with E-state index in [-0.39, 0.29) is 11.7 Å². The maximum absolute atomic E-state index is 9.63. The molecule has 0 aliphatic heterocycles. The van der Waals surface area contributed by atoms with Crippen molar-refractivity contribution in [2.75, 3.05) is 7.11 Å². The van der Waals surface area contributed by atoms with Gasteiger partial charge in [-0.05, 0) is 52.4 Å². The van der Waals surface area contributed by atoms with Crippen LogP contribution in [0.2, 0.25) is 0 Å². The number of hydrogen-bond donors (Lipinski definition) is 1. The monoisotopic (exact) mass is 212 g/mol. The van der Waals surface area contributed by atoms with Gasteiger partial charge >= 0.3 is 0 Å². The Morgan fingerprint density at radius 3 is 2.73 bits per heavy atom. The van der Waals surface area contributed by atoms with Crippen LogP contribution >= 0.6 is 0 Å². The summed E-state index contributed by atoms with van der Waals surface area (Å²) < 4.78 is 5.41. The van der Waals surface area contributed by atoms with Crippen molar-refractivity contribution in [3.8, 4) is 0 Å². The number of ether oxygens (including phenoxy) is 1. The summed E-state index contributed by atoms with van der Waals surface area (Å²) in [6.45, 7) is 6.35. The van der Waals surface area contributed by atoms with Crippen LogP contribution in [0.15, 0.2) is 11.6 Å². The van der Waals surface area contributed by atoms with Crippen LogP contribution in [0.4, 0.5) is 0 Å². The molecule has 0 aromatic heterocycles. The van der Waals surface area contributed by atoms with Crippen molar-refractivity contribution in [3.05, 3.63) is 11.6 Å². The van der Waals surface area contributed by atoms with Gasteiger partial charge < -0.3 is 9.84 Å². The van der Waals surface area contributed by atoms with E-state index in [4.69, 9.17) is 4.74 Å². The molecule has 0 amide bonds. The molecule has 88 valence electrons. The first-order chi connectivity index (χ1) is 6.93. The van der Waals surface area contributed by atoms with Crippen molar-refractivity contribution >= 4 is 0 Å². The molecule has 15 heavy (non-hydrogen) atoms. The molecule has 0 radical (unpaired) electrons. The van der Waals surface area contributed by atoms with Gasteiger partial charge in [0.25, 0.3) is 0 Å². The molecule has 1 aliphatic rings. The van der Waals surface area contributed by atoms with Crippen molar-refractivity contribution in [2.45, 2.75) is 58.2 Å². The van der Waals surface area contributed by atoms with E-state index in [9.17, 15) is 5.11 Å². The van der Waals surface area contributed by atoms with Crippen LogP contribution in [0, 0.1) is 5.92 Å². The van der Waals surface area contributed by atoms with E-state index in [0.717, 1.165) is 25.7 Å². The van der Waals surface area contributed by atoms with Gasteiger partial charge in [0.05, 0.1) is 11.7 Å². The summed E-state index contributed by atoms with van der Waals surface area (Å²) in [6.07, 6.45) is 6.01. The fraction of sp³-hybridized carbons (Fsp3) is 0.846. The van der Waals surface area contributed by atoms with E-state index >= 15 is 0 Å². The predicted molar refractivity (Wildman–Crippen MR) is 62.8 cm³/mol. The summed E-state index contributed by atoms with van der Waals surface area (Å²) in [5.74, 6) is 0.624. The molecule has 2 nitrogen and oxygen atoms in total. The molecule has 0 fully saturated rings. The third-order valence-corrected chi connectivity index (χ3v) is 3.37. The third-order valence-electron chi connectivity index (χ3n) is 3.37. The predicted octanol–water partition coefficient (Wildman–Crippen LogP) is 2.91. The SMILES string of the molecule is COC(C)(C)CCC1CC(C)=CC(O)C1. The number of allylic oxidation sites excluding steroid dienone is 1. The van der Waals surface area contributed by atoms with Crippen molar-refractivity contribution in [1.29, 1.82) is 0 Å². The van der Waals surface area contributed by atoms with E-state index in [1.165, 1.54) is 5.57 Å². The highest BCUT2D eigenvalue weighted by Crippen LogP contribution is 2.30. The zero-order valence-electron chi connectivity index (χ0n) is 10.4. The highest BCUT2D eigenvalue weighted by atomic mass is 16.5. The quantitative estimate of drug-likeness (QED) is 0.726. The van der Waals surface area contributed by atoms with E-state index in [2.05, 4.69) is 20.8 Å². The molecule has 2 heteroatoms. The molecule has 0 heterocycles. The Balaban J connectivity index is 2.38. The van der Waals surface area contributed by atoms with E-state index < -0.39 is 0 Å². The second kappa shape index (κ2) is 5.13. The first kappa shape index (κ1) is 12.7. The molecule has 2 atom stereocenters. The molecule has 0 aromatic rings. The minimum Gasteiger partial charge on any atom is -0.389 e. The van der Waals surface area contributed by atoms with Gasteiger partial charge in [-0.25, -0.2) is 0 Å². The second-order valence-electron chi connectivity index (χ2n) is 5.39. The van der Waals surface area contributed by atoms with Gasteiger partial charge in [0, 0.05) is 7.11 Å². The molecule has 0 saturated carbocycles. The first-order valence-electron chi connectivity index (χ1n) is 5.83. The smallest absolute Gasteiger partial charge is 0.0726 e. The van der Waals surface area contributed by atoms with Gasteiger partial charge in [-0.1, -0.05) is 11.6 Å². The minimum atomic E-state index is -0.227. The molecule has 0 bridgehead atoms. The van der Waals surface area contributed by atoms with Gasteiger partial charge in [-0.3, -0.25) is 0 Å². The molecule has 1 N–H and O–H groups in total. The zero-order valence-corrected chi connectivity index (χ0v) is 10.4. The molecule has 0 spiro atoms. The van der Waals surface area contributed by atoms with E-state index in [1.54, 1.807) is 7.11 Å². The van der Waals surface area contributed by atoms with Crippen LogP contribution in [0.1, 0.15) is 46.5 Å². The molecular formula is C13H24O2. The van der Waals surface area contributed by atoms with Crippen LogP contribution < -0.4 is 0 Å². The Morgan fingerprint density at radius 2 is 2.20 bits per heavy atom. The summed E-state index contributed by atoms with van der Waals surface area (Å²) in [7, 11) is 1.76. The van der Waals surface area contributed by atoms with E-state index in [0.29, 0.717) is 5.92 Å². The highest BCUT2D eigenvalue weighted by Gasteiger charge is 2.23. The lowest BCUT2D eigenvalue weighted by Crippen LogP contribution is -2.25. The molecule has 0 aromatic carbocycles.